The molecule has 2 aliphatic heterocycles. The predicted octanol–water partition coefficient (Wildman–Crippen LogP) is 1.95. The number of anilines is 1. The van der Waals surface area contributed by atoms with E-state index in [1.165, 1.54) is 5.56 Å². The first kappa shape index (κ1) is 23.3. The van der Waals surface area contributed by atoms with Gasteiger partial charge in [0.05, 0.1) is 13.2 Å². The van der Waals surface area contributed by atoms with Crippen LogP contribution < -0.4 is 10.2 Å². The van der Waals surface area contributed by atoms with E-state index >= 15 is 0 Å². The monoisotopic (exact) mass is 450 g/mol. The van der Waals surface area contributed by atoms with Gasteiger partial charge < -0.3 is 19.9 Å². The average Bonchev–Trinajstić information content (AvgIpc) is 2.87. The number of rotatable bonds is 6. The number of nitrogens with zero attached hydrogens (tertiary/aromatic N) is 3. The van der Waals surface area contributed by atoms with Crippen molar-refractivity contribution in [2.75, 3.05) is 64.4 Å². The summed E-state index contributed by atoms with van der Waals surface area (Å²) in [6.07, 6.45) is 0.927. The fraction of sp³-hybridized carbons (Fsp3) is 0.462. The number of hydrogen-bond acceptors (Lipinski definition) is 5. The van der Waals surface area contributed by atoms with Gasteiger partial charge in [-0.25, -0.2) is 0 Å². The van der Waals surface area contributed by atoms with Crippen molar-refractivity contribution in [2.24, 2.45) is 0 Å². The van der Waals surface area contributed by atoms with Gasteiger partial charge in [0.25, 0.3) is 5.91 Å². The van der Waals surface area contributed by atoms with Crippen LogP contribution in [0.4, 0.5) is 5.69 Å². The van der Waals surface area contributed by atoms with E-state index in [1.54, 1.807) is 11.9 Å². The summed E-state index contributed by atoms with van der Waals surface area (Å²) < 4.78 is 5.48. The number of piperazine rings is 1. The molecule has 0 unspecified atom stereocenters. The number of carbonyl (C=O) groups excluding carboxylic acids is 2. The van der Waals surface area contributed by atoms with Gasteiger partial charge in [-0.05, 0) is 36.6 Å². The van der Waals surface area contributed by atoms with E-state index in [1.807, 2.05) is 37.3 Å². The van der Waals surface area contributed by atoms with Gasteiger partial charge in [-0.3, -0.25) is 14.5 Å². The molecule has 2 aromatic rings. The number of benzene rings is 2. The summed E-state index contributed by atoms with van der Waals surface area (Å²) in [5, 5.41) is 2.76. The van der Waals surface area contributed by atoms with Gasteiger partial charge in [0.2, 0.25) is 5.91 Å². The van der Waals surface area contributed by atoms with Crippen molar-refractivity contribution >= 4 is 17.5 Å². The summed E-state index contributed by atoms with van der Waals surface area (Å²) in [6, 6.07) is 15.7. The first-order chi connectivity index (χ1) is 16.1. The summed E-state index contributed by atoms with van der Waals surface area (Å²) in [5.41, 5.74) is 3.99. The van der Waals surface area contributed by atoms with Crippen LogP contribution in [0.15, 0.2) is 48.5 Å². The van der Waals surface area contributed by atoms with Crippen molar-refractivity contribution in [2.45, 2.75) is 19.4 Å². The fourth-order valence-corrected chi connectivity index (χ4v) is 4.77. The molecular formula is C26H34N4O3. The van der Waals surface area contributed by atoms with Gasteiger partial charge in [0.1, 0.15) is 6.04 Å². The van der Waals surface area contributed by atoms with Crippen LogP contribution >= 0.6 is 0 Å². The second-order valence-electron chi connectivity index (χ2n) is 8.71. The molecule has 0 spiro atoms. The Morgan fingerprint density at radius 1 is 1.00 bits per heavy atom. The summed E-state index contributed by atoms with van der Waals surface area (Å²) in [4.78, 5) is 32.7. The van der Waals surface area contributed by atoms with Gasteiger partial charge in [-0.15, -0.1) is 0 Å². The van der Waals surface area contributed by atoms with Gasteiger partial charge in [-0.2, -0.15) is 0 Å². The Balaban J connectivity index is 1.49. The Hall–Kier alpha value is -2.90. The highest BCUT2D eigenvalue weighted by Gasteiger charge is 2.36. The molecule has 7 nitrogen and oxygen atoms in total. The molecule has 33 heavy (non-hydrogen) atoms. The first-order valence-electron chi connectivity index (χ1n) is 11.8. The van der Waals surface area contributed by atoms with E-state index in [4.69, 9.17) is 4.74 Å². The predicted molar refractivity (Wildman–Crippen MR) is 130 cm³/mol. The Labute approximate surface area is 196 Å². The molecule has 4 rings (SSSR count). The molecule has 2 aromatic carbocycles. The molecule has 176 valence electrons. The lowest BCUT2D eigenvalue weighted by atomic mass is 10.0. The van der Waals surface area contributed by atoms with Crippen molar-refractivity contribution in [3.8, 4) is 0 Å². The third-order valence-electron chi connectivity index (χ3n) is 6.72. The minimum atomic E-state index is -0.501. The highest BCUT2D eigenvalue weighted by Crippen LogP contribution is 2.26. The zero-order valence-electron chi connectivity index (χ0n) is 19.6. The summed E-state index contributed by atoms with van der Waals surface area (Å²) in [7, 11) is 1.64. The molecule has 2 heterocycles. The number of carbonyl (C=O) groups is 2. The van der Waals surface area contributed by atoms with Crippen LogP contribution in [0.1, 0.15) is 21.5 Å². The van der Waals surface area contributed by atoms with E-state index in [9.17, 15) is 9.59 Å². The topological polar surface area (TPSA) is 65.1 Å². The van der Waals surface area contributed by atoms with Gasteiger partial charge in [0, 0.05) is 57.6 Å². The van der Waals surface area contributed by atoms with Crippen LogP contribution in [-0.2, 0) is 16.0 Å². The molecule has 2 aliphatic rings. The minimum absolute atomic E-state index is 0.0704. The van der Waals surface area contributed by atoms with Crippen LogP contribution in [0.25, 0.3) is 0 Å². The first-order valence-corrected chi connectivity index (χ1v) is 11.8. The van der Waals surface area contributed by atoms with Crippen LogP contribution in [0.5, 0.6) is 0 Å². The van der Waals surface area contributed by atoms with Crippen molar-refractivity contribution < 1.29 is 14.3 Å². The van der Waals surface area contributed by atoms with Crippen molar-refractivity contribution in [1.29, 1.82) is 0 Å². The normalized spacial score (nSPS) is 19.4. The molecule has 0 saturated carbocycles. The molecular weight excluding hydrogens is 416 g/mol. The number of morpholine rings is 1. The summed E-state index contributed by atoms with van der Waals surface area (Å²) >= 11 is 0. The third-order valence-corrected chi connectivity index (χ3v) is 6.72. The Bertz CT molecular complexity index is 959. The fourth-order valence-electron chi connectivity index (χ4n) is 4.77. The zero-order chi connectivity index (χ0) is 23.2. The molecule has 0 radical (unpaired) electrons. The second kappa shape index (κ2) is 10.8. The summed E-state index contributed by atoms with van der Waals surface area (Å²) in [5.74, 6) is -0.186. The van der Waals surface area contributed by atoms with E-state index in [-0.39, 0.29) is 11.8 Å². The molecule has 7 heteroatoms. The number of amides is 2. The highest BCUT2D eigenvalue weighted by molar-refractivity contribution is 6.00. The van der Waals surface area contributed by atoms with Crippen molar-refractivity contribution in [3.05, 3.63) is 65.2 Å². The lowest BCUT2D eigenvalue weighted by Crippen LogP contribution is -2.60. The molecule has 1 atom stereocenters. The van der Waals surface area contributed by atoms with E-state index in [0.717, 1.165) is 43.9 Å². The van der Waals surface area contributed by atoms with Crippen LogP contribution in [0.3, 0.4) is 0 Å². The summed E-state index contributed by atoms with van der Waals surface area (Å²) in [6.45, 7) is 7.73. The Kier molecular flexibility index (Phi) is 7.62. The number of nitrogens with one attached hydrogen (secondary N) is 1. The van der Waals surface area contributed by atoms with Gasteiger partial charge in [-0.1, -0.05) is 36.4 Å². The van der Waals surface area contributed by atoms with Crippen LogP contribution in [0.2, 0.25) is 0 Å². The molecule has 1 N–H and O–H groups in total. The van der Waals surface area contributed by atoms with Gasteiger partial charge >= 0.3 is 0 Å². The van der Waals surface area contributed by atoms with Crippen molar-refractivity contribution in [1.82, 2.24) is 15.1 Å². The van der Waals surface area contributed by atoms with E-state index in [0.29, 0.717) is 31.9 Å². The maximum Gasteiger partial charge on any atom is 0.254 e. The molecule has 0 aromatic heterocycles. The Morgan fingerprint density at radius 3 is 2.48 bits per heavy atom. The van der Waals surface area contributed by atoms with E-state index in [2.05, 4.69) is 33.3 Å². The zero-order valence-corrected chi connectivity index (χ0v) is 19.6. The third kappa shape index (κ3) is 5.37. The molecule has 2 amide bonds. The molecule has 2 fully saturated rings. The van der Waals surface area contributed by atoms with Crippen LogP contribution in [0, 0.1) is 6.92 Å². The smallest absolute Gasteiger partial charge is 0.254 e. The number of ether oxygens (including phenoxy) is 1. The minimum Gasteiger partial charge on any atom is -0.378 e. The quantitative estimate of drug-likeness (QED) is 0.729. The van der Waals surface area contributed by atoms with Gasteiger partial charge in [0.15, 0.2) is 0 Å². The SMILES string of the molecule is CNC(=O)[C@H]1CN(CCc2ccccc2)CCN1C(=O)c1cccc(N2CCOCC2)c1C. The molecule has 0 bridgehead atoms. The molecule has 2 saturated heterocycles. The van der Waals surface area contributed by atoms with Crippen molar-refractivity contribution in [3.63, 3.8) is 0 Å². The standard InChI is InChI=1S/C26H34N4O3/c1-20-22(9-6-10-23(20)29-15-17-33-18-16-29)26(32)30-14-13-28(19-24(30)25(31)27-2)12-11-21-7-4-3-5-8-21/h3-10,24H,11-19H2,1-2H3,(H,27,31)/t24-/m1/s1. The highest BCUT2D eigenvalue weighted by atomic mass is 16.5. The lowest BCUT2D eigenvalue weighted by molar-refractivity contribution is -0.127. The number of hydrogen-bond donors (Lipinski definition) is 1. The van der Waals surface area contributed by atoms with E-state index < -0.39 is 6.04 Å². The second-order valence-corrected chi connectivity index (χ2v) is 8.71. The Morgan fingerprint density at radius 2 is 1.76 bits per heavy atom. The maximum absolute atomic E-state index is 13.7. The number of likely N-dealkylation sites (N-methyl/N-ethyl adjacent to an activating group) is 1. The maximum atomic E-state index is 13.7. The largest absolute Gasteiger partial charge is 0.378 e. The van der Waals surface area contributed by atoms with Crippen LogP contribution in [-0.4, -0.2) is 87.2 Å². The molecule has 0 aliphatic carbocycles. The average molecular weight is 451 g/mol. The lowest BCUT2D eigenvalue weighted by Gasteiger charge is -2.41.